The lowest BCUT2D eigenvalue weighted by molar-refractivity contribution is -0.158. The summed E-state index contributed by atoms with van der Waals surface area (Å²) in [6.07, 6.45) is -1.55. The predicted molar refractivity (Wildman–Crippen MR) is 136 cm³/mol. The second-order valence-electron chi connectivity index (χ2n) is 9.51. The Hall–Kier alpha value is -3.95. The molecule has 38 heavy (non-hydrogen) atoms. The molecule has 0 radical (unpaired) electrons. The van der Waals surface area contributed by atoms with Gasteiger partial charge in [-0.25, -0.2) is 8.78 Å². The highest BCUT2D eigenvalue weighted by Gasteiger charge is 2.43. The number of imide groups is 1. The topological polar surface area (TPSA) is 113 Å². The van der Waals surface area contributed by atoms with Gasteiger partial charge in [0.1, 0.15) is 17.7 Å². The normalized spacial score (nSPS) is 21.1. The van der Waals surface area contributed by atoms with Crippen molar-refractivity contribution in [3.05, 3.63) is 107 Å². The molecule has 4 N–H and O–H groups in total. The number of rotatable bonds is 6. The number of aliphatic hydroxyl groups excluding tert-OH is 1. The molecule has 1 saturated heterocycles. The van der Waals surface area contributed by atoms with Crippen molar-refractivity contribution in [2.75, 3.05) is 0 Å². The molecular formula is C29H29F2N3O4. The Morgan fingerprint density at radius 1 is 0.921 bits per heavy atom. The van der Waals surface area contributed by atoms with Crippen LogP contribution in [0.25, 0.3) is 0 Å². The van der Waals surface area contributed by atoms with E-state index in [1.165, 1.54) is 6.92 Å². The number of carbonyl (C=O) groups excluding carboxylic acids is 3. The van der Waals surface area contributed by atoms with Gasteiger partial charge < -0.3 is 16.2 Å². The van der Waals surface area contributed by atoms with Crippen LogP contribution in [0.15, 0.2) is 78.9 Å². The van der Waals surface area contributed by atoms with Gasteiger partial charge in [0, 0.05) is 6.07 Å². The average molecular weight is 522 g/mol. The van der Waals surface area contributed by atoms with Gasteiger partial charge in [-0.1, -0.05) is 60.7 Å². The van der Waals surface area contributed by atoms with Gasteiger partial charge in [0.2, 0.25) is 11.8 Å². The van der Waals surface area contributed by atoms with Crippen molar-refractivity contribution in [1.82, 2.24) is 10.2 Å². The smallest absolute Gasteiger partial charge is 0.263 e. The number of nitrogens with two attached hydrogens (primary N) is 1. The molecule has 3 amide bonds. The standard InChI is InChI=1S/C29H29F2N3O4/c1-17(32)28(37)34(29(38)26(35)21-12-22(30)16-23(31)13-21)25-15-20(18-8-4-2-5-9-18)14-24(33-27(25)36)19-10-6-3-7-11-19/h2-13,16-17,20,24-26,35H,14-15,32H2,1H3,(H,33,36)/t17-,20-,24-,25-,26-/m0/s1. The maximum absolute atomic E-state index is 13.8. The van der Waals surface area contributed by atoms with Gasteiger partial charge in [-0.3, -0.25) is 19.3 Å². The largest absolute Gasteiger partial charge is 0.378 e. The van der Waals surface area contributed by atoms with Crippen LogP contribution in [0.3, 0.4) is 0 Å². The number of halogens is 2. The molecule has 0 unspecified atom stereocenters. The minimum absolute atomic E-state index is 0.0631. The van der Waals surface area contributed by atoms with E-state index in [-0.39, 0.29) is 17.9 Å². The number of aliphatic hydroxyl groups is 1. The summed E-state index contributed by atoms with van der Waals surface area (Å²) in [5, 5.41) is 13.7. The van der Waals surface area contributed by atoms with Crippen molar-refractivity contribution in [1.29, 1.82) is 0 Å². The van der Waals surface area contributed by atoms with E-state index in [0.29, 0.717) is 17.4 Å². The number of benzene rings is 3. The Morgan fingerprint density at radius 3 is 2.03 bits per heavy atom. The van der Waals surface area contributed by atoms with E-state index in [1.54, 1.807) is 0 Å². The van der Waals surface area contributed by atoms with Crippen molar-refractivity contribution in [2.45, 2.75) is 49.9 Å². The van der Waals surface area contributed by atoms with E-state index in [1.807, 2.05) is 60.7 Å². The van der Waals surface area contributed by atoms with Crippen molar-refractivity contribution < 1.29 is 28.3 Å². The molecule has 3 aromatic carbocycles. The fourth-order valence-corrected chi connectivity index (χ4v) is 4.85. The molecule has 1 heterocycles. The fourth-order valence-electron chi connectivity index (χ4n) is 4.85. The Balaban J connectivity index is 1.75. The predicted octanol–water partition coefficient (Wildman–Crippen LogP) is 3.50. The van der Waals surface area contributed by atoms with Crippen molar-refractivity contribution in [3.63, 3.8) is 0 Å². The van der Waals surface area contributed by atoms with E-state index < -0.39 is 53.6 Å². The summed E-state index contributed by atoms with van der Waals surface area (Å²) < 4.78 is 27.7. The van der Waals surface area contributed by atoms with Crippen LogP contribution in [0, 0.1) is 11.6 Å². The molecule has 0 saturated carbocycles. The van der Waals surface area contributed by atoms with Gasteiger partial charge in [0.15, 0.2) is 6.10 Å². The van der Waals surface area contributed by atoms with E-state index in [2.05, 4.69) is 5.32 Å². The van der Waals surface area contributed by atoms with Crippen LogP contribution in [0.2, 0.25) is 0 Å². The Bertz CT molecular complexity index is 1280. The van der Waals surface area contributed by atoms with Gasteiger partial charge in [0.05, 0.1) is 12.1 Å². The molecule has 3 aromatic rings. The van der Waals surface area contributed by atoms with Crippen LogP contribution < -0.4 is 11.1 Å². The van der Waals surface area contributed by atoms with Crippen molar-refractivity contribution in [2.24, 2.45) is 5.73 Å². The van der Waals surface area contributed by atoms with Crippen LogP contribution in [0.4, 0.5) is 8.78 Å². The Kier molecular flexibility index (Phi) is 8.29. The summed E-state index contributed by atoms with van der Waals surface area (Å²) >= 11 is 0. The van der Waals surface area contributed by atoms with Crippen LogP contribution in [-0.4, -0.2) is 39.8 Å². The molecule has 4 rings (SSSR count). The molecule has 1 fully saturated rings. The lowest BCUT2D eigenvalue weighted by Crippen LogP contribution is -2.56. The van der Waals surface area contributed by atoms with Gasteiger partial charge in [-0.05, 0) is 54.5 Å². The zero-order valence-electron chi connectivity index (χ0n) is 20.8. The molecule has 0 aliphatic carbocycles. The first-order chi connectivity index (χ1) is 18.2. The molecule has 0 spiro atoms. The van der Waals surface area contributed by atoms with Gasteiger partial charge >= 0.3 is 0 Å². The third-order valence-corrected chi connectivity index (χ3v) is 6.73. The Labute approximate surface area is 219 Å². The monoisotopic (exact) mass is 521 g/mol. The van der Waals surface area contributed by atoms with E-state index in [4.69, 9.17) is 5.73 Å². The number of hydrogen-bond donors (Lipinski definition) is 3. The molecular weight excluding hydrogens is 492 g/mol. The van der Waals surface area contributed by atoms with Crippen LogP contribution in [0.5, 0.6) is 0 Å². The number of hydrogen-bond acceptors (Lipinski definition) is 5. The summed E-state index contributed by atoms with van der Waals surface area (Å²) in [6.45, 7) is 1.35. The van der Waals surface area contributed by atoms with Gasteiger partial charge in [-0.2, -0.15) is 0 Å². The highest BCUT2D eigenvalue weighted by molar-refractivity contribution is 6.04. The molecule has 5 atom stereocenters. The molecule has 0 aromatic heterocycles. The molecule has 198 valence electrons. The maximum Gasteiger partial charge on any atom is 0.263 e. The third kappa shape index (κ3) is 5.95. The van der Waals surface area contributed by atoms with Crippen LogP contribution in [0.1, 0.15) is 54.5 Å². The number of nitrogens with one attached hydrogen (secondary N) is 1. The van der Waals surface area contributed by atoms with Crippen molar-refractivity contribution >= 4 is 17.7 Å². The second kappa shape index (κ2) is 11.6. The number of carbonyl (C=O) groups is 3. The second-order valence-corrected chi connectivity index (χ2v) is 9.51. The molecule has 1 aliphatic heterocycles. The molecule has 7 nitrogen and oxygen atoms in total. The highest BCUT2D eigenvalue weighted by Crippen LogP contribution is 2.36. The summed E-state index contributed by atoms with van der Waals surface area (Å²) in [7, 11) is 0. The first kappa shape index (κ1) is 27.1. The van der Waals surface area contributed by atoms with E-state index >= 15 is 0 Å². The van der Waals surface area contributed by atoms with E-state index in [0.717, 1.165) is 23.3 Å². The van der Waals surface area contributed by atoms with Crippen LogP contribution >= 0.6 is 0 Å². The Morgan fingerprint density at radius 2 is 1.47 bits per heavy atom. The van der Waals surface area contributed by atoms with Crippen molar-refractivity contribution in [3.8, 4) is 0 Å². The molecule has 1 aliphatic rings. The third-order valence-electron chi connectivity index (χ3n) is 6.73. The number of amides is 3. The zero-order chi connectivity index (χ0) is 27.4. The van der Waals surface area contributed by atoms with Gasteiger partial charge in [-0.15, -0.1) is 0 Å². The SMILES string of the molecule is C[C@H](N)C(=O)N(C(=O)[C@@H](O)c1cc(F)cc(F)c1)[C@H]1C[C@@H](c2ccccc2)C[C@@H](c2ccccc2)NC1=O. The molecule has 9 heteroatoms. The zero-order valence-corrected chi connectivity index (χ0v) is 20.8. The minimum Gasteiger partial charge on any atom is -0.378 e. The van der Waals surface area contributed by atoms with Gasteiger partial charge in [0.25, 0.3) is 5.91 Å². The summed E-state index contributed by atoms with van der Waals surface area (Å²) in [5.74, 6) is -4.95. The molecule has 0 bridgehead atoms. The lowest BCUT2D eigenvalue weighted by Gasteiger charge is -2.32. The van der Waals surface area contributed by atoms with Crippen LogP contribution in [-0.2, 0) is 14.4 Å². The lowest BCUT2D eigenvalue weighted by atomic mass is 9.86. The average Bonchev–Trinajstić information content (AvgIpc) is 3.07. The summed E-state index contributed by atoms with van der Waals surface area (Å²) in [5.41, 5.74) is 7.22. The first-order valence-electron chi connectivity index (χ1n) is 12.3. The quantitative estimate of drug-likeness (QED) is 0.460. The minimum atomic E-state index is -2.10. The maximum atomic E-state index is 13.8. The summed E-state index contributed by atoms with van der Waals surface area (Å²) in [6, 6.07) is 18.0. The fraction of sp³-hybridized carbons (Fsp3) is 0.276. The summed E-state index contributed by atoms with van der Waals surface area (Å²) in [4.78, 5) is 41.1. The van der Waals surface area contributed by atoms with E-state index in [9.17, 15) is 28.3 Å². The first-order valence-corrected chi connectivity index (χ1v) is 12.3. The number of nitrogens with zero attached hydrogens (tertiary/aromatic N) is 1. The highest BCUT2D eigenvalue weighted by atomic mass is 19.1.